The van der Waals surface area contributed by atoms with Crippen molar-refractivity contribution in [1.29, 1.82) is 0 Å². The van der Waals surface area contributed by atoms with Gasteiger partial charge < -0.3 is 15.2 Å². The van der Waals surface area contributed by atoms with Gasteiger partial charge in [0.15, 0.2) is 24.0 Å². The zero-order valence-corrected chi connectivity index (χ0v) is 12.6. The minimum atomic E-state index is -1.27. The highest BCUT2D eigenvalue weighted by Crippen LogP contribution is 2.23. The summed E-state index contributed by atoms with van der Waals surface area (Å²) in [4.78, 5) is 23.3. The van der Waals surface area contributed by atoms with E-state index in [9.17, 15) is 18.4 Å². The first-order chi connectivity index (χ1) is 11.0. The van der Waals surface area contributed by atoms with E-state index >= 15 is 0 Å². The number of aromatic hydroxyl groups is 1. The van der Waals surface area contributed by atoms with Gasteiger partial charge in [-0.25, -0.2) is 13.6 Å². The van der Waals surface area contributed by atoms with Crippen LogP contribution < -0.4 is 5.32 Å². The number of carbonyl (C=O) groups is 2. The largest absolute Gasteiger partial charge is 0.503 e. The van der Waals surface area contributed by atoms with E-state index < -0.39 is 41.4 Å². The molecule has 1 amide bonds. The molecule has 0 radical (unpaired) electrons. The molecule has 23 heavy (non-hydrogen) atoms. The van der Waals surface area contributed by atoms with Crippen LogP contribution in [0.5, 0.6) is 5.75 Å². The molecule has 0 spiro atoms. The van der Waals surface area contributed by atoms with Gasteiger partial charge in [0.1, 0.15) is 0 Å². The number of amides is 1. The number of esters is 1. The lowest BCUT2D eigenvalue weighted by Gasteiger charge is -2.21. The number of benzene rings is 1. The van der Waals surface area contributed by atoms with Crippen molar-refractivity contribution in [2.45, 2.75) is 32.1 Å². The molecule has 1 saturated carbocycles. The fraction of sp³-hybridized carbons (Fsp3) is 0.500. The summed E-state index contributed by atoms with van der Waals surface area (Å²) >= 11 is 0. The summed E-state index contributed by atoms with van der Waals surface area (Å²) < 4.78 is 31.0. The average Bonchev–Trinajstić information content (AvgIpc) is 2.56. The predicted molar refractivity (Wildman–Crippen MR) is 77.9 cm³/mol. The molecule has 2 rings (SSSR count). The number of ether oxygens (including phenoxy) is 1. The van der Waals surface area contributed by atoms with Gasteiger partial charge in [0.25, 0.3) is 5.91 Å². The maximum atomic E-state index is 13.1. The fourth-order valence-corrected chi connectivity index (χ4v) is 2.60. The second kappa shape index (κ2) is 7.89. The van der Waals surface area contributed by atoms with Gasteiger partial charge in [-0.1, -0.05) is 19.3 Å². The van der Waals surface area contributed by atoms with Gasteiger partial charge >= 0.3 is 5.97 Å². The molecular formula is C16H19F2NO4. The van der Waals surface area contributed by atoms with E-state index in [0.717, 1.165) is 25.7 Å². The van der Waals surface area contributed by atoms with Gasteiger partial charge in [-0.3, -0.25) is 4.79 Å². The van der Waals surface area contributed by atoms with E-state index in [0.29, 0.717) is 24.6 Å². The summed E-state index contributed by atoms with van der Waals surface area (Å²) in [5.41, 5.74) is -0.405. The fourth-order valence-electron chi connectivity index (χ4n) is 2.60. The van der Waals surface area contributed by atoms with Gasteiger partial charge in [0, 0.05) is 6.54 Å². The lowest BCUT2D eigenvalue weighted by Crippen LogP contribution is -2.33. The standard InChI is InChI=1S/C16H19F2NO4/c17-12-6-11(7-13(18)15(12)21)16(22)23-9-14(20)19-8-10-4-2-1-3-5-10/h6-7,10,21H,1-5,8-9H2,(H,19,20). The Bertz CT molecular complexity index is 562. The second-order valence-electron chi connectivity index (χ2n) is 5.67. The quantitative estimate of drug-likeness (QED) is 0.815. The monoisotopic (exact) mass is 327 g/mol. The van der Waals surface area contributed by atoms with Crippen LogP contribution in [0.15, 0.2) is 12.1 Å². The van der Waals surface area contributed by atoms with E-state index in [-0.39, 0.29) is 0 Å². The van der Waals surface area contributed by atoms with Gasteiger partial charge in [-0.05, 0) is 30.9 Å². The zero-order valence-electron chi connectivity index (χ0n) is 12.6. The number of phenolic OH excluding ortho intramolecular Hbond substituents is 1. The summed E-state index contributed by atoms with van der Waals surface area (Å²) in [6.45, 7) is 0.0223. The van der Waals surface area contributed by atoms with Crippen LogP contribution in [-0.2, 0) is 9.53 Å². The van der Waals surface area contributed by atoms with Crippen molar-refractivity contribution < 1.29 is 28.2 Å². The molecule has 1 aliphatic carbocycles. The van der Waals surface area contributed by atoms with E-state index in [1.54, 1.807) is 0 Å². The smallest absolute Gasteiger partial charge is 0.338 e. The van der Waals surface area contributed by atoms with Gasteiger partial charge in [0.05, 0.1) is 5.56 Å². The Balaban J connectivity index is 1.78. The maximum Gasteiger partial charge on any atom is 0.338 e. The number of phenols is 1. The summed E-state index contributed by atoms with van der Waals surface area (Å²) in [5, 5.41) is 11.6. The van der Waals surface area contributed by atoms with E-state index in [1.807, 2.05) is 0 Å². The van der Waals surface area contributed by atoms with Crippen LogP contribution in [0.1, 0.15) is 42.5 Å². The highest BCUT2D eigenvalue weighted by Gasteiger charge is 2.18. The number of hydrogen-bond donors (Lipinski definition) is 2. The third kappa shape index (κ3) is 4.91. The van der Waals surface area contributed by atoms with E-state index in [4.69, 9.17) is 9.84 Å². The van der Waals surface area contributed by atoms with Crippen LogP contribution in [0.2, 0.25) is 0 Å². The van der Waals surface area contributed by atoms with Crippen LogP contribution in [0.4, 0.5) is 8.78 Å². The highest BCUT2D eigenvalue weighted by atomic mass is 19.1. The maximum absolute atomic E-state index is 13.1. The third-order valence-electron chi connectivity index (χ3n) is 3.90. The minimum Gasteiger partial charge on any atom is -0.503 e. The van der Waals surface area contributed by atoms with Gasteiger partial charge in [-0.15, -0.1) is 0 Å². The molecule has 1 aliphatic rings. The van der Waals surface area contributed by atoms with Crippen LogP contribution in [-0.4, -0.2) is 30.1 Å². The van der Waals surface area contributed by atoms with Crippen molar-refractivity contribution in [3.05, 3.63) is 29.3 Å². The molecule has 1 aromatic carbocycles. The van der Waals surface area contributed by atoms with Crippen LogP contribution >= 0.6 is 0 Å². The highest BCUT2D eigenvalue weighted by molar-refractivity contribution is 5.91. The number of hydrogen-bond acceptors (Lipinski definition) is 4. The topological polar surface area (TPSA) is 75.6 Å². The van der Waals surface area contributed by atoms with Crippen LogP contribution in [0, 0.1) is 17.6 Å². The van der Waals surface area contributed by atoms with Crippen molar-refractivity contribution in [3.8, 4) is 5.75 Å². The Kier molecular flexibility index (Phi) is 5.90. The molecule has 7 heteroatoms. The molecule has 0 saturated heterocycles. The van der Waals surface area contributed by atoms with Crippen LogP contribution in [0.25, 0.3) is 0 Å². The van der Waals surface area contributed by atoms with Crippen molar-refractivity contribution in [1.82, 2.24) is 5.32 Å². The Morgan fingerprint density at radius 3 is 2.39 bits per heavy atom. The Labute approximate surface area is 132 Å². The molecule has 5 nitrogen and oxygen atoms in total. The molecule has 2 N–H and O–H groups in total. The average molecular weight is 327 g/mol. The normalized spacial score (nSPS) is 15.2. The Morgan fingerprint density at radius 2 is 1.78 bits per heavy atom. The molecule has 0 bridgehead atoms. The zero-order chi connectivity index (χ0) is 16.8. The van der Waals surface area contributed by atoms with Crippen molar-refractivity contribution >= 4 is 11.9 Å². The molecule has 0 aromatic heterocycles. The minimum absolute atomic E-state index is 0.405. The predicted octanol–water partition coefficient (Wildman–Crippen LogP) is 2.52. The molecule has 1 aromatic rings. The van der Waals surface area contributed by atoms with Crippen molar-refractivity contribution in [2.24, 2.45) is 5.92 Å². The SMILES string of the molecule is O=C(COC(=O)c1cc(F)c(O)c(F)c1)NCC1CCCCC1. The number of halogens is 2. The van der Waals surface area contributed by atoms with Crippen LogP contribution in [0.3, 0.4) is 0 Å². The number of nitrogens with one attached hydrogen (secondary N) is 1. The Hall–Kier alpha value is -2.18. The molecular weight excluding hydrogens is 308 g/mol. The molecule has 0 aliphatic heterocycles. The van der Waals surface area contributed by atoms with E-state index in [2.05, 4.69) is 5.32 Å². The van der Waals surface area contributed by atoms with Gasteiger partial charge in [0.2, 0.25) is 0 Å². The number of rotatable bonds is 5. The third-order valence-corrected chi connectivity index (χ3v) is 3.90. The summed E-state index contributed by atoms with van der Waals surface area (Å²) in [6, 6.07) is 1.31. The Morgan fingerprint density at radius 1 is 1.17 bits per heavy atom. The first kappa shape index (κ1) is 17.2. The summed E-state index contributed by atoms with van der Waals surface area (Å²) in [6.07, 6.45) is 5.70. The summed E-state index contributed by atoms with van der Waals surface area (Å²) in [5.74, 6) is -4.73. The molecule has 1 fully saturated rings. The molecule has 0 atom stereocenters. The number of carbonyl (C=O) groups excluding carboxylic acids is 2. The first-order valence-corrected chi connectivity index (χ1v) is 7.59. The van der Waals surface area contributed by atoms with Crippen molar-refractivity contribution in [3.63, 3.8) is 0 Å². The lowest BCUT2D eigenvalue weighted by molar-refractivity contribution is -0.124. The molecule has 0 heterocycles. The molecule has 126 valence electrons. The molecule has 0 unspecified atom stereocenters. The van der Waals surface area contributed by atoms with Gasteiger partial charge in [-0.2, -0.15) is 0 Å². The summed E-state index contributed by atoms with van der Waals surface area (Å²) in [7, 11) is 0. The first-order valence-electron chi connectivity index (χ1n) is 7.59. The second-order valence-corrected chi connectivity index (χ2v) is 5.67. The lowest BCUT2D eigenvalue weighted by atomic mass is 9.89. The van der Waals surface area contributed by atoms with E-state index in [1.165, 1.54) is 6.42 Å². The van der Waals surface area contributed by atoms with Crippen molar-refractivity contribution in [2.75, 3.05) is 13.2 Å².